The molecule has 0 saturated carbocycles. The lowest BCUT2D eigenvalue weighted by Crippen LogP contribution is -2.40. The van der Waals surface area contributed by atoms with Crippen LogP contribution < -0.4 is 10.1 Å². The number of likely N-dealkylation sites (tertiary alicyclic amines) is 1. The molecule has 0 radical (unpaired) electrons. The minimum Gasteiger partial charge on any atom is -0.497 e. The lowest BCUT2D eigenvalue weighted by atomic mass is 9.93. The highest BCUT2D eigenvalue weighted by Gasteiger charge is 2.24. The van der Waals surface area contributed by atoms with Gasteiger partial charge in [-0.25, -0.2) is 4.39 Å². The quantitative estimate of drug-likeness (QED) is 0.657. The molecular weight excluding hydrogens is 395 g/mol. The number of amides is 2. The molecule has 1 aliphatic rings. The van der Waals surface area contributed by atoms with Crippen LogP contribution in [0.15, 0.2) is 48.5 Å². The minimum absolute atomic E-state index is 0.0790. The van der Waals surface area contributed by atoms with Crippen molar-refractivity contribution in [2.24, 2.45) is 5.92 Å². The van der Waals surface area contributed by atoms with E-state index in [1.54, 1.807) is 25.3 Å². The number of nitrogens with zero attached hydrogens (tertiary/aromatic N) is 1. The van der Waals surface area contributed by atoms with E-state index in [2.05, 4.69) is 5.32 Å². The summed E-state index contributed by atoms with van der Waals surface area (Å²) in [5, 5.41) is 2.79. The summed E-state index contributed by atoms with van der Waals surface area (Å²) >= 11 is 0. The molecule has 2 amide bonds. The number of rotatable bonds is 9. The van der Waals surface area contributed by atoms with Crippen LogP contribution in [-0.2, 0) is 22.6 Å². The molecular formula is C25H31FN2O3. The van der Waals surface area contributed by atoms with Crippen LogP contribution >= 0.6 is 0 Å². The second kappa shape index (κ2) is 11.5. The number of hydrogen-bond acceptors (Lipinski definition) is 3. The Hall–Kier alpha value is -2.89. The van der Waals surface area contributed by atoms with Crippen LogP contribution in [0.4, 0.5) is 4.39 Å². The third-order valence-electron chi connectivity index (χ3n) is 5.85. The number of carbonyl (C=O) groups excluding carboxylic acids is 2. The zero-order valence-corrected chi connectivity index (χ0v) is 18.1. The molecule has 166 valence electrons. The number of carbonyl (C=O) groups is 2. The van der Waals surface area contributed by atoms with Gasteiger partial charge in [-0.2, -0.15) is 0 Å². The van der Waals surface area contributed by atoms with Gasteiger partial charge >= 0.3 is 0 Å². The number of benzene rings is 2. The Kier molecular flexibility index (Phi) is 8.44. The number of methoxy groups -OCH3 is 1. The largest absolute Gasteiger partial charge is 0.497 e. The third-order valence-corrected chi connectivity index (χ3v) is 5.85. The number of hydrogen-bond donors (Lipinski definition) is 1. The highest BCUT2D eigenvalue weighted by atomic mass is 19.1. The number of aryl methyl sites for hydroxylation is 1. The van der Waals surface area contributed by atoms with Gasteiger partial charge in [-0.1, -0.05) is 30.3 Å². The van der Waals surface area contributed by atoms with E-state index in [1.165, 1.54) is 6.07 Å². The summed E-state index contributed by atoms with van der Waals surface area (Å²) in [7, 11) is 1.64. The van der Waals surface area contributed by atoms with Gasteiger partial charge in [0.05, 0.1) is 7.11 Å². The molecule has 2 aromatic carbocycles. The number of nitrogens with one attached hydrogen (secondary N) is 1. The molecule has 0 aliphatic carbocycles. The fourth-order valence-electron chi connectivity index (χ4n) is 4.02. The van der Waals surface area contributed by atoms with Gasteiger partial charge in [0.25, 0.3) is 0 Å². The summed E-state index contributed by atoms with van der Waals surface area (Å²) in [4.78, 5) is 26.8. The second-order valence-electron chi connectivity index (χ2n) is 8.11. The maximum atomic E-state index is 13.6. The summed E-state index contributed by atoms with van der Waals surface area (Å²) < 4.78 is 18.9. The van der Waals surface area contributed by atoms with Gasteiger partial charge in [0.2, 0.25) is 11.8 Å². The molecule has 3 rings (SSSR count). The van der Waals surface area contributed by atoms with Crippen molar-refractivity contribution in [1.29, 1.82) is 0 Å². The predicted molar refractivity (Wildman–Crippen MR) is 118 cm³/mol. The van der Waals surface area contributed by atoms with Crippen LogP contribution in [0.1, 0.15) is 43.2 Å². The predicted octanol–water partition coefficient (Wildman–Crippen LogP) is 4.10. The van der Waals surface area contributed by atoms with Crippen LogP contribution in [0.3, 0.4) is 0 Å². The van der Waals surface area contributed by atoms with E-state index in [0.717, 1.165) is 37.1 Å². The summed E-state index contributed by atoms with van der Waals surface area (Å²) in [5.74, 6) is 0.907. The Bertz CT molecular complexity index is 887. The van der Waals surface area contributed by atoms with E-state index < -0.39 is 0 Å². The van der Waals surface area contributed by atoms with E-state index in [1.807, 2.05) is 29.2 Å². The van der Waals surface area contributed by atoms with Crippen LogP contribution in [0.2, 0.25) is 0 Å². The maximum Gasteiger partial charge on any atom is 0.222 e. The van der Waals surface area contributed by atoms with Gasteiger partial charge in [-0.15, -0.1) is 0 Å². The average Bonchev–Trinajstić information content (AvgIpc) is 2.81. The monoisotopic (exact) mass is 426 g/mol. The van der Waals surface area contributed by atoms with E-state index in [9.17, 15) is 14.0 Å². The SMILES string of the molecule is COc1cccc(CCC(=O)N2CCC[C@@H](CCC(=O)NCc3ccccc3F)C2)c1. The van der Waals surface area contributed by atoms with Gasteiger partial charge in [-0.3, -0.25) is 9.59 Å². The zero-order valence-electron chi connectivity index (χ0n) is 18.1. The third kappa shape index (κ3) is 7.09. The van der Waals surface area contributed by atoms with E-state index in [-0.39, 0.29) is 24.2 Å². The topological polar surface area (TPSA) is 58.6 Å². The normalized spacial score (nSPS) is 16.1. The van der Waals surface area contributed by atoms with Crippen molar-refractivity contribution >= 4 is 11.8 Å². The summed E-state index contributed by atoms with van der Waals surface area (Å²) in [6, 6.07) is 14.3. The van der Waals surface area contributed by atoms with Crippen molar-refractivity contribution in [3.63, 3.8) is 0 Å². The first-order valence-corrected chi connectivity index (χ1v) is 11.0. The van der Waals surface area contributed by atoms with Crippen LogP contribution in [0.25, 0.3) is 0 Å². The molecule has 0 unspecified atom stereocenters. The molecule has 6 heteroatoms. The van der Waals surface area contributed by atoms with Crippen LogP contribution in [0.5, 0.6) is 5.75 Å². The number of ether oxygens (including phenoxy) is 1. The minimum atomic E-state index is -0.307. The smallest absolute Gasteiger partial charge is 0.222 e. The van der Waals surface area contributed by atoms with E-state index in [0.29, 0.717) is 37.3 Å². The Labute approximate surface area is 183 Å². The van der Waals surface area contributed by atoms with Gasteiger partial charge in [0.1, 0.15) is 11.6 Å². The molecule has 1 saturated heterocycles. The molecule has 0 aromatic heterocycles. The fraction of sp³-hybridized carbons (Fsp3) is 0.440. The average molecular weight is 427 g/mol. The highest BCUT2D eigenvalue weighted by molar-refractivity contribution is 5.77. The molecule has 1 aliphatic heterocycles. The Morgan fingerprint density at radius 1 is 1.16 bits per heavy atom. The molecule has 1 atom stereocenters. The Balaban J connectivity index is 1.39. The molecule has 31 heavy (non-hydrogen) atoms. The lowest BCUT2D eigenvalue weighted by Gasteiger charge is -2.33. The zero-order chi connectivity index (χ0) is 22.1. The lowest BCUT2D eigenvalue weighted by molar-refractivity contribution is -0.133. The highest BCUT2D eigenvalue weighted by Crippen LogP contribution is 2.22. The summed E-state index contributed by atoms with van der Waals surface area (Å²) in [6.07, 6.45) is 4.29. The first kappa shape index (κ1) is 22.8. The van der Waals surface area contributed by atoms with Gasteiger partial charge in [0, 0.05) is 38.0 Å². The van der Waals surface area contributed by atoms with Crippen molar-refractivity contribution in [2.75, 3.05) is 20.2 Å². The van der Waals surface area contributed by atoms with Crippen molar-refractivity contribution in [1.82, 2.24) is 10.2 Å². The first-order chi connectivity index (χ1) is 15.0. The second-order valence-corrected chi connectivity index (χ2v) is 8.11. The summed E-state index contributed by atoms with van der Waals surface area (Å²) in [5.41, 5.74) is 1.58. The molecule has 0 spiro atoms. The Morgan fingerprint density at radius 2 is 2.00 bits per heavy atom. The molecule has 5 nitrogen and oxygen atoms in total. The summed E-state index contributed by atoms with van der Waals surface area (Å²) in [6.45, 7) is 1.69. The molecule has 0 bridgehead atoms. The van der Waals surface area contributed by atoms with Crippen molar-refractivity contribution < 1.29 is 18.7 Å². The maximum absolute atomic E-state index is 13.6. The van der Waals surface area contributed by atoms with E-state index >= 15 is 0 Å². The van der Waals surface area contributed by atoms with Gasteiger partial charge < -0.3 is 15.0 Å². The number of halogens is 1. The van der Waals surface area contributed by atoms with E-state index in [4.69, 9.17) is 4.74 Å². The first-order valence-electron chi connectivity index (χ1n) is 11.0. The molecule has 2 aromatic rings. The van der Waals surface area contributed by atoms with Gasteiger partial charge in [0.15, 0.2) is 0 Å². The van der Waals surface area contributed by atoms with Crippen molar-refractivity contribution in [3.8, 4) is 5.75 Å². The van der Waals surface area contributed by atoms with Crippen molar-refractivity contribution in [3.05, 3.63) is 65.5 Å². The molecule has 1 fully saturated rings. The van der Waals surface area contributed by atoms with Crippen LogP contribution in [0, 0.1) is 11.7 Å². The standard InChI is InChI=1S/C25H31FN2O3/c1-31-22-9-4-6-19(16-22)12-14-25(30)28-15-5-7-20(18-28)11-13-24(29)27-17-21-8-2-3-10-23(21)26/h2-4,6,8-10,16,20H,5,7,11-15,17-18H2,1H3,(H,27,29)/t20-/m0/s1. The van der Waals surface area contributed by atoms with Crippen molar-refractivity contribution in [2.45, 2.75) is 45.1 Å². The fourth-order valence-corrected chi connectivity index (χ4v) is 4.02. The number of piperidine rings is 1. The van der Waals surface area contributed by atoms with Crippen LogP contribution in [-0.4, -0.2) is 36.9 Å². The molecule has 1 heterocycles. The van der Waals surface area contributed by atoms with Gasteiger partial charge in [-0.05, 0) is 55.4 Å². The Morgan fingerprint density at radius 3 is 2.81 bits per heavy atom. The molecule has 1 N–H and O–H groups in total.